The Bertz CT molecular complexity index is 747. The molecule has 25 heavy (non-hydrogen) atoms. The van der Waals surface area contributed by atoms with E-state index in [1.807, 2.05) is 54.6 Å². The number of likely N-dealkylation sites (tertiary alicyclic amines) is 1. The number of aromatic nitrogens is 1. The molecule has 2 amide bonds. The maximum Gasteiger partial charge on any atom is 0.243 e. The van der Waals surface area contributed by atoms with Crippen LogP contribution in [0.3, 0.4) is 0 Å². The van der Waals surface area contributed by atoms with Crippen LogP contribution in [0.15, 0.2) is 35.7 Å². The maximum absolute atomic E-state index is 12.6. The summed E-state index contributed by atoms with van der Waals surface area (Å²) in [5, 5.41) is 8.40. The van der Waals surface area contributed by atoms with Crippen LogP contribution < -0.4 is 10.6 Å². The lowest BCUT2D eigenvalue weighted by molar-refractivity contribution is -0.122. The van der Waals surface area contributed by atoms with Gasteiger partial charge in [-0.2, -0.15) is 0 Å². The molecule has 132 valence electrons. The van der Waals surface area contributed by atoms with E-state index in [1.54, 1.807) is 0 Å². The number of nitrogens with one attached hydrogen (secondary N) is 2. The molecular formula is C18H22N4O2S. The Morgan fingerprint density at radius 1 is 1.32 bits per heavy atom. The molecule has 7 heteroatoms. The summed E-state index contributed by atoms with van der Waals surface area (Å²) in [7, 11) is 1.90. The summed E-state index contributed by atoms with van der Waals surface area (Å²) >= 11 is 1.42. The van der Waals surface area contributed by atoms with E-state index < -0.39 is 0 Å². The molecule has 1 aromatic heterocycles. The van der Waals surface area contributed by atoms with Crippen LogP contribution in [0.25, 0.3) is 11.3 Å². The van der Waals surface area contributed by atoms with Gasteiger partial charge in [0.05, 0.1) is 11.7 Å². The van der Waals surface area contributed by atoms with Gasteiger partial charge >= 0.3 is 0 Å². The molecule has 0 spiro atoms. The summed E-state index contributed by atoms with van der Waals surface area (Å²) in [6, 6.07) is 9.63. The van der Waals surface area contributed by atoms with Crippen molar-refractivity contribution in [1.82, 2.24) is 15.2 Å². The number of hydrogen-bond donors (Lipinski definition) is 2. The molecule has 1 aliphatic heterocycles. The Morgan fingerprint density at radius 2 is 2.08 bits per heavy atom. The molecule has 6 nitrogen and oxygen atoms in total. The highest BCUT2D eigenvalue weighted by atomic mass is 32.1. The zero-order valence-electron chi connectivity index (χ0n) is 14.4. The second kappa shape index (κ2) is 7.76. The van der Waals surface area contributed by atoms with Crippen LogP contribution in [-0.2, 0) is 9.59 Å². The Labute approximate surface area is 151 Å². The van der Waals surface area contributed by atoms with Gasteiger partial charge in [-0.15, -0.1) is 11.3 Å². The van der Waals surface area contributed by atoms with Crippen LogP contribution in [0, 0.1) is 0 Å². The molecule has 2 aromatic rings. The van der Waals surface area contributed by atoms with Crippen molar-refractivity contribution in [3.63, 3.8) is 0 Å². The van der Waals surface area contributed by atoms with Crippen molar-refractivity contribution in [3.8, 4) is 11.3 Å². The number of carbonyl (C=O) groups excluding carboxylic acids is 2. The maximum atomic E-state index is 12.6. The van der Waals surface area contributed by atoms with E-state index in [4.69, 9.17) is 0 Å². The van der Waals surface area contributed by atoms with E-state index in [1.165, 1.54) is 11.3 Å². The van der Waals surface area contributed by atoms with Crippen LogP contribution in [0.1, 0.15) is 19.8 Å². The van der Waals surface area contributed by atoms with Crippen molar-refractivity contribution < 1.29 is 9.59 Å². The van der Waals surface area contributed by atoms with Gasteiger partial charge in [0.1, 0.15) is 0 Å². The van der Waals surface area contributed by atoms with Crippen LogP contribution in [-0.4, -0.2) is 47.4 Å². The monoisotopic (exact) mass is 358 g/mol. The second-order valence-corrected chi connectivity index (χ2v) is 7.06. The molecule has 1 fully saturated rings. The molecule has 3 rings (SSSR count). The Balaban J connectivity index is 1.61. The zero-order chi connectivity index (χ0) is 17.8. The van der Waals surface area contributed by atoms with E-state index in [9.17, 15) is 9.59 Å². The first-order valence-corrected chi connectivity index (χ1v) is 9.26. The summed E-state index contributed by atoms with van der Waals surface area (Å²) in [6.45, 7) is 2.50. The summed E-state index contributed by atoms with van der Waals surface area (Å²) < 4.78 is 0. The minimum atomic E-state index is -0.258. The number of thiazole rings is 1. The quantitative estimate of drug-likeness (QED) is 0.860. The molecule has 2 atom stereocenters. The Kier molecular flexibility index (Phi) is 5.45. The fourth-order valence-electron chi connectivity index (χ4n) is 3.00. The normalized spacial score (nSPS) is 20.4. The van der Waals surface area contributed by atoms with Crippen molar-refractivity contribution in [3.05, 3.63) is 35.7 Å². The molecule has 0 aliphatic carbocycles. The molecule has 0 saturated carbocycles. The molecule has 1 aromatic carbocycles. The highest BCUT2D eigenvalue weighted by molar-refractivity contribution is 7.14. The van der Waals surface area contributed by atoms with Crippen molar-refractivity contribution >= 4 is 28.3 Å². The number of likely N-dealkylation sites (N-methyl/N-ethyl adjacent to an activating group) is 1. The standard InChI is InChI=1S/C18H22N4O2S/c1-3-16(23)19-13-9-15(22(2)10-13)17(24)21-18-20-14(11-25-18)12-7-5-4-6-8-12/h4-8,11,13,15H,3,9-10H2,1-2H3,(H,19,23)(H,20,21,24)/t13-,15+/m1/s1. The minimum Gasteiger partial charge on any atom is -0.352 e. The molecule has 2 heterocycles. The van der Waals surface area contributed by atoms with Crippen LogP contribution in [0.2, 0.25) is 0 Å². The number of anilines is 1. The van der Waals surface area contributed by atoms with Gasteiger partial charge in [0.15, 0.2) is 5.13 Å². The number of hydrogen-bond acceptors (Lipinski definition) is 5. The first kappa shape index (κ1) is 17.6. The molecule has 0 unspecified atom stereocenters. The van der Waals surface area contributed by atoms with E-state index in [0.717, 1.165) is 11.3 Å². The lowest BCUT2D eigenvalue weighted by atomic mass is 10.1. The van der Waals surface area contributed by atoms with Gasteiger partial charge in [-0.05, 0) is 13.5 Å². The van der Waals surface area contributed by atoms with Gasteiger partial charge in [-0.1, -0.05) is 37.3 Å². The summed E-state index contributed by atoms with van der Waals surface area (Å²) in [5.41, 5.74) is 1.88. The number of carbonyl (C=O) groups is 2. The summed E-state index contributed by atoms with van der Waals surface area (Å²) in [5.74, 6) is -0.0587. The smallest absolute Gasteiger partial charge is 0.243 e. The minimum absolute atomic E-state index is 0.0179. The summed E-state index contributed by atoms with van der Waals surface area (Å²) in [6.07, 6.45) is 1.07. The summed E-state index contributed by atoms with van der Waals surface area (Å²) in [4.78, 5) is 30.6. The first-order chi connectivity index (χ1) is 12.1. The van der Waals surface area contributed by atoms with Gasteiger partial charge in [0, 0.05) is 30.0 Å². The van der Waals surface area contributed by atoms with E-state index in [0.29, 0.717) is 24.5 Å². The third-order valence-electron chi connectivity index (χ3n) is 4.34. The van der Waals surface area contributed by atoms with Gasteiger partial charge in [-0.3, -0.25) is 14.5 Å². The Morgan fingerprint density at radius 3 is 2.80 bits per heavy atom. The van der Waals surface area contributed by atoms with E-state index in [2.05, 4.69) is 15.6 Å². The van der Waals surface area contributed by atoms with Crippen LogP contribution in [0.4, 0.5) is 5.13 Å². The third kappa shape index (κ3) is 4.24. The van der Waals surface area contributed by atoms with Gasteiger partial charge in [0.25, 0.3) is 0 Å². The lowest BCUT2D eigenvalue weighted by Crippen LogP contribution is -2.37. The van der Waals surface area contributed by atoms with Crippen molar-refractivity contribution in [2.45, 2.75) is 31.8 Å². The van der Waals surface area contributed by atoms with Crippen LogP contribution in [0.5, 0.6) is 0 Å². The molecule has 0 bridgehead atoms. The van der Waals surface area contributed by atoms with Gasteiger partial charge in [-0.25, -0.2) is 4.98 Å². The van der Waals surface area contributed by atoms with Gasteiger partial charge < -0.3 is 10.6 Å². The van der Waals surface area contributed by atoms with Crippen molar-refractivity contribution in [2.75, 3.05) is 18.9 Å². The molecule has 1 saturated heterocycles. The molecular weight excluding hydrogens is 336 g/mol. The van der Waals surface area contributed by atoms with Crippen molar-refractivity contribution in [2.24, 2.45) is 0 Å². The molecule has 0 radical (unpaired) electrons. The fourth-order valence-corrected chi connectivity index (χ4v) is 3.72. The predicted octanol–water partition coefficient (Wildman–Crippen LogP) is 2.35. The fraction of sp³-hybridized carbons (Fsp3) is 0.389. The van der Waals surface area contributed by atoms with Crippen LogP contribution >= 0.6 is 11.3 Å². The van der Waals surface area contributed by atoms with Crippen molar-refractivity contribution in [1.29, 1.82) is 0 Å². The zero-order valence-corrected chi connectivity index (χ0v) is 15.2. The highest BCUT2D eigenvalue weighted by Gasteiger charge is 2.35. The molecule has 1 aliphatic rings. The second-order valence-electron chi connectivity index (χ2n) is 6.20. The number of nitrogens with zero attached hydrogens (tertiary/aromatic N) is 2. The average molecular weight is 358 g/mol. The third-order valence-corrected chi connectivity index (χ3v) is 5.10. The largest absolute Gasteiger partial charge is 0.352 e. The topological polar surface area (TPSA) is 74.3 Å². The van der Waals surface area contributed by atoms with E-state index >= 15 is 0 Å². The number of benzene rings is 1. The average Bonchev–Trinajstić information content (AvgIpc) is 3.22. The number of rotatable bonds is 5. The Hall–Kier alpha value is -2.25. The lowest BCUT2D eigenvalue weighted by Gasteiger charge is -2.17. The highest BCUT2D eigenvalue weighted by Crippen LogP contribution is 2.25. The number of amides is 2. The SMILES string of the molecule is CCC(=O)N[C@@H]1C[C@@H](C(=O)Nc2nc(-c3ccccc3)cs2)N(C)C1. The van der Waals surface area contributed by atoms with Gasteiger partial charge in [0.2, 0.25) is 11.8 Å². The predicted molar refractivity (Wildman–Crippen MR) is 99.4 cm³/mol. The van der Waals surface area contributed by atoms with E-state index in [-0.39, 0.29) is 23.9 Å². The first-order valence-electron chi connectivity index (χ1n) is 8.38. The molecule has 2 N–H and O–H groups in total.